The molecule has 6 nitrogen and oxygen atoms in total. The number of nitrogens with zero attached hydrogens (tertiary/aromatic N) is 4. The zero-order chi connectivity index (χ0) is 23.8. The first-order valence-corrected chi connectivity index (χ1v) is 12.6. The molecule has 1 aliphatic carbocycles. The smallest absolute Gasteiger partial charge is 0.235 e. The van der Waals surface area contributed by atoms with Crippen molar-refractivity contribution in [2.45, 2.75) is 19.3 Å². The fourth-order valence-corrected chi connectivity index (χ4v) is 5.70. The fraction of sp³-hybridized carbons (Fsp3) is 0.280. The van der Waals surface area contributed by atoms with Crippen LogP contribution in [0.15, 0.2) is 53.4 Å². The van der Waals surface area contributed by atoms with Crippen molar-refractivity contribution in [1.82, 2.24) is 9.88 Å². The number of hydrogen-bond donors (Lipinski definition) is 0. The van der Waals surface area contributed by atoms with Gasteiger partial charge in [0.05, 0.1) is 30.1 Å². The van der Waals surface area contributed by atoms with Crippen LogP contribution in [0.25, 0.3) is 0 Å². The van der Waals surface area contributed by atoms with Gasteiger partial charge in [0.15, 0.2) is 25.5 Å². The van der Waals surface area contributed by atoms with Gasteiger partial charge >= 0.3 is 0 Å². The lowest BCUT2D eigenvalue weighted by atomic mass is 10.00. The number of amides is 1. The molecule has 1 fully saturated rings. The van der Waals surface area contributed by atoms with Crippen LogP contribution >= 0.6 is 39.1 Å². The van der Waals surface area contributed by atoms with Crippen LogP contribution in [-0.2, 0) is 24.1 Å². The van der Waals surface area contributed by atoms with E-state index in [9.17, 15) is 10.0 Å². The lowest BCUT2D eigenvalue weighted by Crippen LogP contribution is -2.47. The number of fused-ring (bicyclic) bond motifs is 2. The molecule has 34 heavy (non-hydrogen) atoms. The summed E-state index contributed by atoms with van der Waals surface area (Å²) in [7, 11) is 0. The highest BCUT2D eigenvalue weighted by atomic mass is 79.9. The van der Waals surface area contributed by atoms with Gasteiger partial charge in [-0.3, -0.25) is 4.79 Å². The molecule has 1 aromatic carbocycles. The first-order valence-electron chi connectivity index (χ1n) is 11.1. The topological polar surface area (TPSA) is 63.1 Å². The summed E-state index contributed by atoms with van der Waals surface area (Å²) in [6.45, 7) is 2.55. The third-order valence-electron chi connectivity index (χ3n) is 6.37. The number of aromatic nitrogens is 2. The van der Waals surface area contributed by atoms with Crippen LogP contribution in [0.3, 0.4) is 0 Å². The van der Waals surface area contributed by atoms with Crippen molar-refractivity contribution in [3.8, 4) is 0 Å². The molecule has 0 bridgehead atoms. The molecular weight excluding hydrogens is 539 g/mol. The number of carbonyl (C=O) groups excluding carboxylic acids is 1. The maximum Gasteiger partial charge on any atom is 0.235 e. The highest BCUT2D eigenvalue weighted by Gasteiger charge is 2.34. The van der Waals surface area contributed by atoms with E-state index in [1.54, 1.807) is 18.2 Å². The van der Waals surface area contributed by atoms with E-state index >= 15 is 0 Å². The second-order valence-corrected chi connectivity index (χ2v) is 10.3. The molecule has 0 saturated carbocycles. The Morgan fingerprint density at radius 1 is 1.09 bits per heavy atom. The first-order chi connectivity index (χ1) is 16.4. The van der Waals surface area contributed by atoms with Crippen LogP contribution in [-0.4, -0.2) is 52.3 Å². The predicted octanol–water partition coefficient (Wildman–Crippen LogP) is 3.82. The van der Waals surface area contributed by atoms with Crippen LogP contribution in [0, 0.1) is 5.21 Å². The normalized spacial score (nSPS) is 15.6. The van der Waals surface area contributed by atoms with Gasteiger partial charge in [-0.05, 0) is 63.7 Å². The average molecular weight is 561 g/mol. The molecule has 0 N–H and O–H groups in total. The van der Waals surface area contributed by atoms with Crippen LogP contribution < -0.4 is 4.73 Å². The second kappa shape index (κ2) is 9.64. The number of aryl methyl sites for hydroxylation is 2. The third kappa shape index (κ3) is 4.69. The third-order valence-corrected chi connectivity index (χ3v) is 7.32. The SMILES string of the molecule is O=C(Cc1cc[n+]([O-])cc1)N1CC[N+](=C2c3ncc(Br)cc3CCc3cc(Cl)cc(Cl)c32)CC1. The number of carbonyl (C=O) groups is 1. The highest BCUT2D eigenvalue weighted by molar-refractivity contribution is 9.10. The molecule has 1 saturated heterocycles. The number of piperazine rings is 1. The van der Waals surface area contributed by atoms with Crippen LogP contribution in [0.2, 0.25) is 10.0 Å². The van der Waals surface area contributed by atoms with Gasteiger partial charge in [0.25, 0.3) is 0 Å². The monoisotopic (exact) mass is 559 g/mol. The van der Waals surface area contributed by atoms with Crippen molar-refractivity contribution < 1.29 is 14.1 Å². The lowest BCUT2D eigenvalue weighted by Gasteiger charge is -2.27. The minimum atomic E-state index is 0.0573. The minimum Gasteiger partial charge on any atom is -0.619 e. The number of benzene rings is 1. The Morgan fingerprint density at radius 3 is 2.53 bits per heavy atom. The Balaban J connectivity index is 1.47. The van der Waals surface area contributed by atoms with Crippen molar-refractivity contribution >= 4 is 50.8 Å². The lowest BCUT2D eigenvalue weighted by molar-refractivity contribution is -0.605. The number of rotatable bonds is 2. The van der Waals surface area contributed by atoms with E-state index in [1.807, 2.05) is 17.2 Å². The molecule has 1 aliphatic heterocycles. The Hall–Kier alpha value is -2.48. The van der Waals surface area contributed by atoms with Crippen molar-refractivity contribution in [1.29, 1.82) is 0 Å². The Labute approximate surface area is 216 Å². The molecule has 9 heteroatoms. The minimum absolute atomic E-state index is 0.0573. The van der Waals surface area contributed by atoms with E-state index in [0.717, 1.165) is 55.7 Å². The molecule has 2 aromatic heterocycles. The van der Waals surface area contributed by atoms with Gasteiger partial charge in [-0.15, -0.1) is 0 Å². The van der Waals surface area contributed by atoms with Crippen molar-refractivity contribution in [3.63, 3.8) is 0 Å². The molecule has 0 spiro atoms. The van der Waals surface area contributed by atoms with E-state index < -0.39 is 0 Å². The molecule has 2 aliphatic rings. The molecule has 5 rings (SSSR count). The van der Waals surface area contributed by atoms with E-state index in [0.29, 0.717) is 36.2 Å². The van der Waals surface area contributed by atoms with Gasteiger partial charge in [-0.25, -0.2) is 9.56 Å². The van der Waals surface area contributed by atoms with Gasteiger partial charge in [-0.1, -0.05) is 23.2 Å². The van der Waals surface area contributed by atoms with Gasteiger partial charge in [0, 0.05) is 27.8 Å². The van der Waals surface area contributed by atoms with Crippen LogP contribution in [0.1, 0.15) is 27.9 Å². The van der Waals surface area contributed by atoms with Crippen molar-refractivity contribution in [3.05, 3.63) is 96.6 Å². The summed E-state index contributed by atoms with van der Waals surface area (Å²) >= 11 is 16.6. The number of pyridine rings is 2. The Kier molecular flexibility index (Phi) is 6.60. The summed E-state index contributed by atoms with van der Waals surface area (Å²) in [6, 6.07) is 9.28. The predicted molar refractivity (Wildman–Crippen MR) is 135 cm³/mol. The number of halogens is 3. The summed E-state index contributed by atoms with van der Waals surface area (Å²) < 4.78 is 3.95. The largest absolute Gasteiger partial charge is 0.619 e. The standard InChI is InChI=1S/C25H22BrCl2N4O2/c26-19-12-18-2-1-17-13-20(27)14-21(28)23(17)25(24(18)29-15-19)31-9-7-30(8-10-31)22(33)11-16-3-5-32(34)6-4-16/h3-6,12-15H,1-2,7-11H2/q+1. The second-order valence-electron chi connectivity index (χ2n) is 8.54. The van der Waals surface area contributed by atoms with Gasteiger partial charge in [0.1, 0.15) is 5.69 Å². The van der Waals surface area contributed by atoms with E-state index in [4.69, 9.17) is 28.2 Å². The zero-order valence-corrected chi connectivity index (χ0v) is 21.4. The van der Waals surface area contributed by atoms with Crippen molar-refractivity contribution in [2.24, 2.45) is 0 Å². The van der Waals surface area contributed by atoms with E-state index in [2.05, 4.69) is 26.6 Å². The highest BCUT2D eigenvalue weighted by Crippen LogP contribution is 2.33. The van der Waals surface area contributed by atoms with Crippen molar-refractivity contribution in [2.75, 3.05) is 26.2 Å². The molecule has 0 unspecified atom stereocenters. The van der Waals surface area contributed by atoms with Crippen LogP contribution in [0.5, 0.6) is 0 Å². The zero-order valence-electron chi connectivity index (χ0n) is 18.3. The maximum atomic E-state index is 12.9. The molecular formula is C25H22BrCl2N4O2+. The molecule has 0 atom stereocenters. The van der Waals surface area contributed by atoms with Gasteiger partial charge < -0.3 is 10.1 Å². The Morgan fingerprint density at radius 2 is 1.79 bits per heavy atom. The summed E-state index contributed by atoms with van der Waals surface area (Å²) in [5.74, 6) is 0.0573. The summed E-state index contributed by atoms with van der Waals surface area (Å²) in [6.07, 6.45) is 6.60. The quantitative estimate of drug-likeness (QED) is 0.353. The summed E-state index contributed by atoms with van der Waals surface area (Å²) in [4.78, 5) is 19.5. The Bertz CT molecular complexity index is 1300. The maximum absolute atomic E-state index is 12.9. The molecule has 3 heterocycles. The summed E-state index contributed by atoms with van der Waals surface area (Å²) in [5, 5.41) is 12.5. The molecule has 1 amide bonds. The molecule has 0 radical (unpaired) electrons. The van der Waals surface area contributed by atoms with Gasteiger partial charge in [0.2, 0.25) is 11.6 Å². The molecule has 3 aromatic rings. The summed E-state index contributed by atoms with van der Waals surface area (Å²) in [5.41, 5.74) is 6.02. The van der Waals surface area contributed by atoms with Gasteiger partial charge in [-0.2, -0.15) is 4.73 Å². The first kappa shape index (κ1) is 23.3. The molecule has 174 valence electrons. The number of hydrogen-bond acceptors (Lipinski definition) is 3. The van der Waals surface area contributed by atoms with Crippen LogP contribution in [0.4, 0.5) is 0 Å². The van der Waals surface area contributed by atoms with E-state index in [-0.39, 0.29) is 12.3 Å². The fourth-order valence-electron chi connectivity index (χ4n) is 4.70. The average Bonchev–Trinajstić information content (AvgIpc) is 2.97. The van der Waals surface area contributed by atoms with E-state index in [1.165, 1.54) is 12.4 Å².